The van der Waals surface area contributed by atoms with Crippen LogP contribution in [0.25, 0.3) is 11.1 Å². The standard InChI is InChI=1S/C21H17FN2O2/c1-13-12-26-19-8-6-14(10-17(13)19)15-7-9-20(23-11-15)24-21(25)16-4-2-3-5-18(16)22/h2-11,13H,12H2,1H3,(H,23,24,25). The SMILES string of the molecule is CC1COc2ccc(-c3ccc(NC(=O)c4ccccc4F)nc3)cc21. The number of amides is 1. The molecule has 0 bridgehead atoms. The van der Waals surface area contributed by atoms with Crippen molar-refractivity contribution in [3.8, 4) is 16.9 Å². The van der Waals surface area contributed by atoms with E-state index in [9.17, 15) is 9.18 Å². The van der Waals surface area contributed by atoms with E-state index in [0.29, 0.717) is 18.3 Å². The molecule has 4 nitrogen and oxygen atoms in total. The summed E-state index contributed by atoms with van der Waals surface area (Å²) in [6.07, 6.45) is 1.69. The van der Waals surface area contributed by atoms with Crippen LogP contribution in [0.1, 0.15) is 28.8 Å². The Morgan fingerprint density at radius 1 is 1.15 bits per heavy atom. The quantitative estimate of drug-likeness (QED) is 0.750. The number of anilines is 1. The monoisotopic (exact) mass is 348 g/mol. The molecule has 130 valence electrons. The van der Waals surface area contributed by atoms with E-state index in [4.69, 9.17) is 4.74 Å². The van der Waals surface area contributed by atoms with Gasteiger partial charge >= 0.3 is 0 Å². The molecule has 0 fully saturated rings. The number of hydrogen-bond acceptors (Lipinski definition) is 3. The molecule has 1 unspecified atom stereocenters. The van der Waals surface area contributed by atoms with Crippen LogP contribution in [0.15, 0.2) is 60.8 Å². The zero-order valence-electron chi connectivity index (χ0n) is 14.2. The van der Waals surface area contributed by atoms with E-state index in [2.05, 4.69) is 23.3 Å². The van der Waals surface area contributed by atoms with Crippen LogP contribution in [0.3, 0.4) is 0 Å². The van der Waals surface area contributed by atoms with Gasteiger partial charge in [0.2, 0.25) is 0 Å². The van der Waals surface area contributed by atoms with Crippen molar-refractivity contribution in [2.45, 2.75) is 12.8 Å². The van der Waals surface area contributed by atoms with E-state index in [1.165, 1.54) is 17.7 Å². The van der Waals surface area contributed by atoms with E-state index in [-0.39, 0.29) is 5.56 Å². The molecular formula is C21H17FN2O2. The molecule has 0 radical (unpaired) electrons. The van der Waals surface area contributed by atoms with Gasteiger partial charge < -0.3 is 10.1 Å². The largest absolute Gasteiger partial charge is 0.493 e. The third-order valence-corrected chi connectivity index (χ3v) is 4.49. The second-order valence-corrected chi connectivity index (χ2v) is 6.33. The highest BCUT2D eigenvalue weighted by atomic mass is 19.1. The highest BCUT2D eigenvalue weighted by Crippen LogP contribution is 2.36. The summed E-state index contributed by atoms with van der Waals surface area (Å²) in [6, 6.07) is 15.5. The van der Waals surface area contributed by atoms with Crippen molar-refractivity contribution in [2.24, 2.45) is 0 Å². The van der Waals surface area contributed by atoms with Crippen LogP contribution in [0.2, 0.25) is 0 Å². The lowest BCUT2D eigenvalue weighted by molar-refractivity contribution is 0.102. The molecule has 0 saturated carbocycles. The van der Waals surface area contributed by atoms with Crippen LogP contribution in [-0.2, 0) is 0 Å². The van der Waals surface area contributed by atoms with Gasteiger partial charge in [0, 0.05) is 23.2 Å². The molecule has 1 amide bonds. The minimum absolute atomic E-state index is 0.00835. The molecule has 5 heteroatoms. The molecule has 3 aromatic rings. The summed E-state index contributed by atoms with van der Waals surface area (Å²) in [6.45, 7) is 2.84. The number of carbonyl (C=O) groups is 1. The summed E-state index contributed by atoms with van der Waals surface area (Å²) >= 11 is 0. The fourth-order valence-corrected chi connectivity index (χ4v) is 3.02. The maximum Gasteiger partial charge on any atom is 0.259 e. The van der Waals surface area contributed by atoms with Crippen LogP contribution in [0.5, 0.6) is 5.75 Å². The van der Waals surface area contributed by atoms with Crippen molar-refractivity contribution in [1.29, 1.82) is 0 Å². The topological polar surface area (TPSA) is 51.2 Å². The normalized spacial score (nSPS) is 15.2. The summed E-state index contributed by atoms with van der Waals surface area (Å²) in [4.78, 5) is 16.4. The molecule has 2 aromatic carbocycles. The molecule has 1 N–H and O–H groups in total. The first-order valence-corrected chi connectivity index (χ1v) is 8.41. The Hall–Kier alpha value is -3.21. The van der Waals surface area contributed by atoms with Crippen molar-refractivity contribution < 1.29 is 13.9 Å². The lowest BCUT2D eigenvalue weighted by Crippen LogP contribution is -2.14. The van der Waals surface area contributed by atoms with Gasteiger partial charge in [-0.2, -0.15) is 0 Å². The molecule has 26 heavy (non-hydrogen) atoms. The van der Waals surface area contributed by atoms with Crippen molar-refractivity contribution in [1.82, 2.24) is 4.98 Å². The molecule has 1 aliphatic rings. The van der Waals surface area contributed by atoms with E-state index in [1.807, 2.05) is 18.2 Å². The first-order valence-electron chi connectivity index (χ1n) is 8.41. The Balaban J connectivity index is 1.53. The predicted molar refractivity (Wildman–Crippen MR) is 97.9 cm³/mol. The molecule has 1 atom stereocenters. The highest BCUT2D eigenvalue weighted by Gasteiger charge is 2.20. The fourth-order valence-electron chi connectivity index (χ4n) is 3.02. The molecule has 1 aromatic heterocycles. The van der Waals surface area contributed by atoms with Crippen molar-refractivity contribution >= 4 is 11.7 Å². The first-order chi connectivity index (χ1) is 12.6. The smallest absolute Gasteiger partial charge is 0.259 e. The Kier molecular flexibility index (Phi) is 4.13. The number of halogens is 1. The molecule has 0 aliphatic carbocycles. The van der Waals surface area contributed by atoms with Gasteiger partial charge in [-0.25, -0.2) is 9.37 Å². The Morgan fingerprint density at radius 2 is 1.96 bits per heavy atom. The zero-order valence-corrected chi connectivity index (χ0v) is 14.2. The number of rotatable bonds is 3. The van der Waals surface area contributed by atoms with Crippen LogP contribution in [0, 0.1) is 5.82 Å². The van der Waals surface area contributed by atoms with Gasteiger partial charge in [0.25, 0.3) is 5.91 Å². The number of nitrogens with one attached hydrogen (secondary N) is 1. The predicted octanol–water partition coefficient (Wildman–Crippen LogP) is 4.64. The number of hydrogen-bond donors (Lipinski definition) is 1. The molecule has 1 aliphatic heterocycles. The van der Waals surface area contributed by atoms with Crippen molar-refractivity contribution in [3.05, 3.63) is 77.7 Å². The van der Waals surface area contributed by atoms with Crippen LogP contribution < -0.4 is 10.1 Å². The van der Waals surface area contributed by atoms with Gasteiger partial charge in [0.05, 0.1) is 12.2 Å². The van der Waals surface area contributed by atoms with Gasteiger partial charge in [-0.15, -0.1) is 0 Å². The Labute approximate surface area is 150 Å². The number of ether oxygens (including phenoxy) is 1. The summed E-state index contributed by atoms with van der Waals surface area (Å²) < 4.78 is 19.3. The number of benzene rings is 2. The third kappa shape index (κ3) is 3.04. The average Bonchev–Trinajstić information content (AvgIpc) is 3.03. The van der Waals surface area contributed by atoms with Crippen molar-refractivity contribution in [3.63, 3.8) is 0 Å². The average molecular weight is 348 g/mol. The minimum Gasteiger partial charge on any atom is -0.493 e. The van der Waals surface area contributed by atoms with E-state index < -0.39 is 11.7 Å². The zero-order chi connectivity index (χ0) is 18.1. The first kappa shape index (κ1) is 16.3. The number of carbonyl (C=O) groups excluding carboxylic acids is 1. The molecule has 4 rings (SSSR count). The third-order valence-electron chi connectivity index (χ3n) is 4.49. The number of aromatic nitrogens is 1. The fraction of sp³-hybridized carbons (Fsp3) is 0.143. The number of fused-ring (bicyclic) bond motifs is 1. The Morgan fingerprint density at radius 3 is 2.73 bits per heavy atom. The van der Waals surface area contributed by atoms with Crippen LogP contribution in [0.4, 0.5) is 10.2 Å². The Bertz CT molecular complexity index is 970. The molecule has 2 heterocycles. The summed E-state index contributed by atoms with van der Waals surface area (Å²) in [5.74, 6) is 0.600. The molecular weight excluding hydrogens is 331 g/mol. The maximum atomic E-state index is 13.7. The molecule has 0 saturated heterocycles. The van der Waals surface area contributed by atoms with E-state index in [0.717, 1.165) is 16.9 Å². The van der Waals surface area contributed by atoms with Gasteiger partial charge in [0.1, 0.15) is 17.4 Å². The van der Waals surface area contributed by atoms with Gasteiger partial charge in [-0.1, -0.05) is 25.1 Å². The highest BCUT2D eigenvalue weighted by molar-refractivity contribution is 6.03. The van der Waals surface area contributed by atoms with E-state index in [1.54, 1.807) is 24.4 Å². The number of pyridine rings is 1. The van der Waals surface area contributed by atoms with E-state index >= 15 is 0 Å². The van der Waals surface area contributed by atoms with Gasteiger partial charge in [-0.3, -0.25) is 4.79 Å². The van der Waals surface area contributed by atoms with Gasteiger partial charge in [-0.05, 0) is 42.0 Å². The minimum atomic E-state index is -0.559. The number of nitrogens with zero attached hydrogens (tertiary/aromatic N) is 1. The van der Waals surface area contributed by atoms with Crippen LogP contribution >= 0.6 is 0 Å². The second-order valence-electron chi connectivity index (χ2n) is 6.33. The maximum absolute atomic E-state index is 13.7. The lowest BCUT2D eigenvalue weighted by Gasteiger charge is -2.08. The van der Waals surface area contributed by atoms with Crippen molar-refractivity contribution in [2.75, 3.05) is 11.9 Å². The summed E-state index contributed by atoms with van der Waals surface area (Å²) in [7, 11) is 0. The summed E-state index contributed by atoms with van der Waals surface area (Å²) in [5.41, 5.74) is 3.17. The van der Waals surface area contributed by atoms with Gasteiger partial charge in [0.15, 0.2) is 0 Å². The summed E-state index contributed by atoms with van der Waals surface area (Å²) in [5, 5.41) is 2.62. The molecule has 0 spiro atoms. The lowest BCUT2D eigenvalue weighted by atomic mass is 9.98. The van der Waals surface area contributed by atoms with Crippen LogP contribution in [-0.4, -0.2) is 17.5 Å². The second kappa shape index (κ2) is 6.59.